The van der Waals surface area contributed by atoms with E-state index in [2.05, 4.69) is 0 Å². The monoisotopic (exact) mass is 732 g/mol. The van der Waals surface area contributed by atoms with Crippen LogP contribution in [0.4, 0.5) is 0 Å². The fourth-order valence-electron chi connectivity index (χ4n) is 5.22. The Kier molecular flexibility index (Phi) is 24.5. The Morgan fingerprint density at radius 3 is 1.40 bits per heavy atom. The van der Waals surface area contributed by atoms with Crippen molar-refractivity contribution in [3.05, 3.63) is 0 Å². The summed E-state index contributed by atoms with van der Waals surface area (Å²) in [5, 5.41) is 9.56. The van der Waals surface area contributed by atoms with Crippen molar-refractivity contribution in [2.75, 3.05) is 98.4 Å². The standard InChI is InChI=1S/C34H61N4O11P/c1-6-11-24-45-32(41)27-35-16-18-36(28-33(42)46-25-12-7-2)20-22-38(23-21-37(19-17-35)29-34(43)47-26-13-8-3)30(14-15-31(39)40)50(44,48-9-4)49-10-5/h4,30H,6-8,10-29H2,1-3,5H3,(H,39,40). The highest BCUT2D eigenvalue weighted by Crippen LogP contribution is 2.55. The first kappa shape index (κ1) is 45.3. The number of carbonyl (C=O) groups is 4. The lowest BCUT2D eigenvalue weighted by atomic mass is 10.2. The summed E-state index contributed by atoms with van der Waals surface area (Å²) in [6.07, 6.45) is 11.9. The van der Waals surface area contributed by atoms with Gasteiger partial charge in [0.1, 0.15) is 11.9 Å². The van der Waals surface area contributed by atoms with E-state index in [1.54, 1.807) is 6.92 Å². The zero-order valence-electron chi connectivity index (χ0n) is 30.7. The van der Waals surface area contributed by atoms with Gasteiger partial charge in [0.15, 0.2) is 0 Å². The molecule has 0 spiro atoms. The fourth-order valence-corrected chi connectivity index (χ4v) is 7.15. The van der Waals surface area contributed by atoms with Gasteiger partial charge in [-0.2, -0.15) is 0 Å². The van der Waals surface area contributed by atoms with E-state index in [0.717, 1.165) is 38.5 Å². The maximum atomic E-state index is 14.1. The first-order valence-corrected chi connectivity index (χ1v) is 19.6. The minimum Gasteiger partial charge on any atom is -0.481 e. The third-order valence-corrected chi connectivity index (χ3v) is 10.4. The lowest BCUT2D eigenvalue weighted by Crippen LogP contribution is -2.50. The van der Waals surface area contributed by atoms with E-state index < -0.39 is 31.3 Å². The largest absolute Gasteiger partial charge is 0.481 e. The van der Waals surface area contributed by atoms with E-state index in [-0.39, 0.29) is 58.1 Å². The van der Waals surface area contributed by atoms with Gasteiger partial charge >= 0.3 is 31.5 Å². The number of hydrogen-bond acceptors (Lipinski definition) is 14. The molecule has 0 aliphatic carbocycles. The summed E-state index contributed by atoms with van der Waals surface area (Å²) in [6, 6.07) is 0. The van der Waals surface area contributed by atoms with Gasteiger partial charge in [0.05, 0.1) is 46.1 Å². The van der Waals surface area contributed by atoms with E-state index in [9.17, 15) is 28.8 Å². The van der Waals surface area contributed by atoms with E-state index in [0.29, 0.717) is 59.1 Å². The van der Waals surface area contributed by atoms with Gasteiger partial charge in [-0.25, -0.2) is 4.57 Å². The second-order valence-corrected chi connectivity index (χ2v) is 14.3. The van der Waals surface area contributed by atoms with Gasteiger partial charge in [0.2, 0.25) is 0 Å². The van der Waals surface area contributed by atoms with Crippen LogP contribution in [0, 0.1) is 12.5 Å². The molecule has 1 heterocycles. The number of carboxylic acid groups (broad SMARTS) is 1. The number of terminal acetylenes is 1. The fraction of sp³-hybridized carbons (Fsp3) is 0.824. The van der Waals surface area contributed by atoms with Crippen LogP contribution in [0.5, 0.6) is 0 Å². The van der Waals surface area contributed by atoms with E-state index >= 15 is 0 Å². The molecule has 288 valence electrons. The van der Waals surface area contributed by atoms with Crippen LogP contribution in [0.15, 0.2) is 0 Å². The van der Waals surface area contributed by atoms with Gasteiger partial charge < -0.3 is 23.8 Å². The maximum Gasteiger partial charge on any atom is 0.404 e. The number of nitrogens with zero attached hydrogens (tertiary/aromatic N) is 4. The minimum absolute atomic E-state index is 0.0124. The van der Waals surface area contributed by atoms with Crippen LogP contribution >= 0.6 is 7.60 Å². The summed E-state index contributed by atoms with van der Waals surface area (Å²) < 4.78 is 41.3. The molecule has 0 bridgehead atoms. The molecular formula is C34H61N4O11P. The van der Waals surface area contributed by atoms with E-state index in [1.165, 1.54) is 0 Å². The molecular weight excluding hydrogens is 671 g/mol. The number of carbonyl (C=O) groups excluding carboxylic acids is 3. The normalized spacial score (nSPS) is 17.7. The topological polar surface area (TPSA) is 165 Å². The van der Waals surface area contributed by atoms with Gasteiger partial charge in [0.25, 0.3) is 0 Å². The van der Waals surface area contributed by atoms with Crippen LogP contribution in [0.3, 0.4) is 0 Å². The number of rotatable bonds is 23. The Labute approximate surface area is 298 Å². The molecule has 1 rings (SSSR count). The molecule has 0 amide bonds. The zero-order chi connectivity index (χ0) is 37.2. The van der Waals surface area contributed by atoms with Gasteiger partial charge in [0, 0.05) is 58.8 Å². The first-order valence-electron chi connectivity index (χ1n) is 18.0. The summed E-state index contributed by atoms with van der Waals surface area (Å²) in [4.78, 5) is 57.7. The quantitative estimate of drug-likeness (QED) is 0.0535. The van der Waals surface area contributed by atoms with Crippen molar-refractivity contribution in [3.8, 4) is 12.5 Å². The number of aliphatic carboxylic acids is 1. The highest BCUT2D eigenvalue weighted by Gasteiger charge is 2.41. The van der Waals surface area contributed by atoms with Crippen LogP contribution in [0.2, 0.25) is 0 Å². The van der Waals surface area contributed by atoms with Crippen LogP contribution in [-0.2, 0) is 47.0 Å². The zero-order valence-corrected chi connectivity index (χ0v) is 31.6. The SMILES string of the molecule is C#COP(=O)(OCC)C(CCC(=O)O)N1CCN(CC(=O)OCCCC)CCN(CC(=O)OCCCC)CCN(CC(=O)OCCCC)CC1. The molecule has 1 fully saturated rings. The third kappa shape index (κ3) is 19.6. The molecule has 0 saturated carbocycles. The summed E-state index contributed by atoms with van der Waals surface area (Å²) in [6.45, 7) is 11.2. The number of hydrogen-bond donors (Lipinski definition) is 1. The summed E-state index contributed by atoms with van der Waals surface area (Å²) >= 11 is 0. The molecule has 1 N–H and O–H groups in total. The molecule has 50 heavy (non-hydrogen) atoms. The molecule has 1 saturated heterocycles. The average molecular weight is 733 g/mol. The van der Waals surface area contributed by atoms with Crippen molar-refractivity contribution in [1.29, 1.82) is 0 Å². The van der Waals surface area contributed by atoms with Crippen LogP contribution in [0.1, 0.15) is 79.1 Å². The van der Waals surface area contributed by atoms with Gasteiger partial charge in [-0.05, 0) is 32.6 Å². The van der Waals surface area contributed by atoms with Crippen molar-refractivity contribution >= 4 is 31.5 Å². The summed E-state index contributed by atoms with van der Waals surface area (Å²) in [5.74, 6) is -3.26. The van der Waals surface area contributed by atoms with Crippen molar-refractivity contribution in [2.24, 2.45) is 0 Å². The third-order valence-electron chi connectivity index (χ3n) is 8.10. The van der Waals surface area contributed by atoms with E-state index in [1.807, 2.05) is 46.5 Å². The Morgan fingerprint density at radius 1 is 0.700 bits per heavy atom. The van der Waals surface area contributed by atoms with Crippen molar-refractivity contribution in [2.45, 2.75) is 84.8 Å². The van der Waals surface area contributed by atoms with Crippen LogP contribution in [-0.4, -0.2) is 153 Å². The Hall–Kier alpha value is -2.73. The number of unbranched alkanes of at least 4 members (excludes halogenated alkanes) is 3. The number of ether oxygens (including phenoxy) is 3. The minimum atomic E-state index is -4.05. The second-order valence-electron chi connectivity index (χ2n) is 12.2. The average Bonchev–Trinajstić information content (AvgIpc) is 3.06. The molecule has 0 aromatic heterocycles. The summed E-state index contributed by atoms with van der Waals surface area (Å²) in [5.41, 5.74) is 0. The molecule has 2 unspecified atom stereocenters. The van der Waals surface area contributed by atoms with Crippen molar-refractivity contribution in [3.63, 3.8) is 0 Å². The molecule has 1 aliphatic rings. The van der Waals surface area contributed by atoms with Gasteiger partial charge in [-0.1, -0.05) is 46.5 Å². The number of esters is 3. The summed E-state index contributed by atoms with van der Waals surface area (Å²) in [7, 11) is -4.05. The lowest BCUT2D eigenvalue weighted by Gasteiger charge is -2.38. The van der Waals surface area contributed by atoms with Gasteiger partial charge in [-0.15, -0.1) is 0 Å². The van der Waals surface area contributed by atoms with Crippen molar-refractivity contribution < 1.29 is 52.1 Å². The second kappa shape index (κ2) is 27.0. The maximum absolute atomic E-state index is 14.1. The molecule has 15 nitrogen and oxygen atoms in total. The smallest absolute Gasteiger partial charge is 0.404 e. The Morgan fingerprint density at radius 2 is 1.08 bits per heavy atom. The van der Waals surface area contributed by atoms with Gasteiger partial charge in [-0.3, -0.25) is 43.3 Å². The van der Waals surface area contributed by atoms with Crippen molar-refractivity contribution in [1.82, 2.24) is 19.6 Å². The Balaban J connectivity index is 3.47. The van der Waals surface area contributed by atoms with Crippen LogP contribution < -0.4 is 0 Å². The predicted molar refractivity (Wildman–Crippen MR) is 188 cm³/mol. The molecule has 0 radical (unpaired) electrons. The molecule has 16 heteroatoms. The first-order chi connectivity index (χ1) is 24.0. The Bertz CT molecular complexity index is 1050. The molecule has 0 aromatic carbocycles. The number of carboxylic acids is 1. The van der Waals surface area contributed by atoms with Crippen LogP contribution in [0.25, 0.3) is 0 Å². The molecule has 0 aromatic rings. The lowest BCUT2D eigenvalue weighted by molar-refractivity contribution is -0.147. The predicted octanol–water partition coefficient (Wildman–Crippen LogP) is 3.27. The molecule has 1 aliphatic heterocycles. The van der Waals surface area contributed by atoms with E-state index in [4.69, 9.17) is 29.7 Å². The highest BCUT2D eigenvalue weighted by molar-refractivity contribution is 7.54. The molecule has 2 atom stereocenters. The highest BCUT2D eigenvalue weighted by atomic mass is 31.2.